The van der Waals surface area contributed by atoms with Crippen molar-refractivity contribution >= 4 is 5.78 Å². The second kappa shape index (κ2) is 3.17. The normalized spacial score (nSPS) is 11.3. The third-order valence-electron chi connectivity index (χ3n) is 1.84. The van der Waals surface area contributed by atoms with Crippen LogP contribution in [0.3, 0.4) is 0 Å². The van der Waals surface area contributed by atoms with Crippen LogP contribution in [0.2, 0.25) is 0 Å². The van der Waals surface area contributed by atoms with Crippen LogP contribution in [0.1, 0.15) is 36.8 Å². The second-order valence-electron chi connectivity index (χ2n) is 3.98. The van der Waals surface area contributed by atoms with Crippen molar-refractivity contribution in [3.05, 3.63) is 30.1 Å². The van der Waals surface area contributed by atoms with Gasteiger partial charge in [-0.1, -0.05) is 27.4 Å². The molecule has 1 heterocycles. The van der Waals surface area contributed by atoms with E-state index < -0.39 is 0 Å². The molecule has 3 heteroatoms. The van der Waals surface area contributed by atoms with Gasteiger partial charge in [0.15, 0.2) is 5.78 Å². The van der Waals surface area contributed by atoms with Gasteiger partial charge in [0, 0.05) is 5.41 Å². The summed E-state index contributed by atoms with van der Waals surface area (Å²) in [5.74, 6) is -0.0846. The molecule has 0 aromatic carbocycles. The van der Waals surface area contributed by atoms with E-state index in [0.29, 0.717) is 5.56 Å². The second-order valence-corrected chi connectivity index (χ2v) is 3.98. The highest BCUT2D eigenvalue weighted by atomic mass is 16.1. The Morgan fingerprint density at radius 1 is 1.62 bits per heavy atom. The number of carbonyl (C=O) groups excluding carboxylic acids is 1. The van der Waals surface area contributed by atoms with Crippen molar-refractivity contribution in [2.75, 3.05) is 0 Å². The summed E-state index contributed by atoms with van der Waals surface area (Å²) in [5.41, 5.74) is 1.38. The van der Waals surface area contributed by atoms with E-state index in [4.69, 9.17) is 0 Å². The number of hydrogen-bond donors (Lipinski definition) is 1. The van der Waals surface area contributed by atoms with Crippen LogP contribution >= 0.6 is 0 Å². The van der Waals surface area contributed by atoms with E-state index in [2.05, 4.69) is 16.8 Å². The minimum Gasteiger partial charge on any atom is -0.289 e. The molecule has 1 N–H and O–H groups in total. The Labute approximate surface area is 77.9 Å². The van der Waals surface area contributed by atoms with Crippen molar-refractivity contribution in [1.29, 1.82) is 0 Å². The Kier molecular flexibility index (Phi) is 2.36. The molecule has 0 radical (unpaired) electrons. The van der Waals surface area contributed by atoms with Crippen LogP contribution < -0.4 is 0 Å². The number of aromatic amines is 1. The first kappa shape index (κ1) is 9.71. The van der Waals surface area contributed by atoms with Crippen LogP contribution in [0, 0.1) is 0 Å². The van der Waals surface area contributed by atoms with E-state index in [-0.39, 0.29) is 11.2 Å². The van der Waals surface area contributed by atoms with Gasteiger partial charge in [-0.15, -0.1) is 0 Å². The predicted molar refractivity (Wildman–Crippen MR) is 51.8 cm³/mol. The van der Waals surface area contributed by atoms with E-state index in [9.17, 15) is 4.79 Å². The molecule has 0 saturated carbocycles. The number of ketones is 1. The number of H-pyrrole nitrogens is 1. The third-order valence-corrected chi connectivity index (χ3v) is 1.84. The molecule has 1 rings (SSSR count). The summed E-state index contributed by atoms with van der Waals surface area (Å²) in [7, 11) is 0. The molecule has 0 unspecified atom stereocenters. The minimum atomic E-state index is -0.0928. The highest BCUT2D eigenvalue weighted by molar-refractivity contribution is 6.05. The average molecular weight is 178 g/mol. The van der Waals surface area contributed by atoms with Gasteiger partial charge in [0.2, 0.25) is 0 Å². The number of hydrogen-bond acceptors (Lipinski definition) is 2. The lowest BCUT2D eigenvalue weighted by Gasteiger charge is -2.17. The molecule has 0 amide bonds. The van der Waals surface area contributed by atoms with Gasteiger partial charge in [-0.25, -0.2) is 0 Å². The maximum Gasteiger partial charge on any atom is 0.188 e. The van der Waals surface area contributed by atoms with Crippen molar-refractivity contribution < 1.29 is 4.79 Å². The first-order valence-corrected chi connectivity index (χ1v) is 4.17. The third kappa shape index (κ3) is 1.86. The van der Waals surface area contributed by atoms with E-state index in [1.165, 1.54) is 6.08 Å². The molecule has 1 aromatic heterocycles. The van der Waals surface area contributed by atoms with Crippen LogP contribution in [0.5, 0.6) is 0 Å². The van der Waals surface area contributed by atoms with Crippen LogP contribution in [0.25, 0.3) is 0 Å². The van der Waals surface area contributed by atoms with Crippen LogP contribution in [0.15, 0.2) is 18.9 Å². The van der Waals surface area contributed by atoms with Gasteiger partial charge in [0.1, 0.15) is 0 Å². The molecule has 0 spiro atoms. The summed E-state index contributed by atoms with van der Waals surface area (Å²) in [6, 6.07) is 0. The van der Waals surface area contributed by atoms with Crippen LogP contribution in [0.4, 0.5) is 0 Å². The van der Waals surface area contributed by atoms with Gasteiger partial charge in [-0.2, -0.15) is 5.10 Å². The standard InChI is InChI=1S/C10H14N2O/c1-5-8(13)7-6-11-12-9(7)10(2,3)4/h5-6H,1H2,2-4H3,(H,11,12). The van der Waals surface area contributed by atoms with Gasteiger partial charge in [-0.3, -0.25) is 9.89 Å². The fourth-order valence-corrected chi connectivity index (χ4v) is 1.15. The molecule has 1 aromatic rings. The predicted octanol–water partition coefficient (Wildman–Crippen LogP) is 2.08. The summed E-state index contributed by atoms with van der Waals surface area (Å²) in [6.45, 7) is 9.53. The Morgan fingerprint density at radius 3 is 2.69 bits per heavy atom. The lowest BCUT2D eigenvalue weighted by Crippen LogP contribution is -2.15. The van der Waals surface area contributed by atoms with Gasteiger partial charge < -0.3 is 0 Å². The van der Waals surface area contributed by atoms with Crippen molar-refractivity contribution in [2.45, 2.75) is 26.2 Å². The number of nitrogens with one attached hydrogen (secondary N) is 1. The van der Waals surface area contributed by atoms with Gasteiger partial charge >= 0.3 is 0 Å². The van der Waals surface area contributed by atoms with E-state index in [1.807, 2.05) is 20.8 Å². The number of carbonyl (C=O) groups is 1. The molecule has 0 aliphatic heterocycles. The monoisotopic (exact) mass is 178 g/mol. The van der Waals surface area contributed by atoms with E-state index in [0.717, 1.165) is 5.69 Å². The highest BCUT2D eigenvalue weighted by Gasteiger charge is 2.22. The zero-order valence-electron chi connectivity index (χ0n) is 8.22. The molecule has 0 aliphatic carbocycles. The van der Waals surface area contributed by atoms with Gasteiger partial charge in [-0.05, 0) is 6.08 Å². The molecular weight excluding hydrogens is 164 g/mol. The largest absolute Gasteiger partial charge is 0.289 e. The summed E-state index contributed by atoms with van der Waals surface area (Å²) in [6.07, 6.45) is 2.85. The van der Waals surface area contributed by atoms with Gasteiger partial charge in [0.05, 0.1) is 17.5 Å². The number of allylic oxidation sites excluding steroid dienone is 1. The van der Waals surface area contributed by atoms with E-state index >= 15 is 0 Å². The Hall–Kier alpha value is -1.38. The summed E-state index contributed by atoms with van der Waals surface area (Å²) in [4.78, 5) is 11.4. The maximum atomic E-state index is 11.4. The zero-order valence-corrected chi connectivity index (χ0v) is 8.22. The van der Waals surface area contributed by atoms with Crippen molar-refractivity contribution in [1.82, 2.24) is 10.2 Å². The highest BCUT2D eigenvalue weighted by Crippen LogP contribution is 2.23. The first-order chi connectivity index (χ1) is 5.96. The quantitative estimate of drug-likeness (QED) is 0.556. The van der Waals surface area contributed by atoms with Crippen LogP contribution in [-0.2, 0) is 5.41 Å². The van der Waals surface area contributed by atoms with Crippen LogP contribution in [-0.4, -0.2) is 16.0 Å². The minimum absolute atomic E-state index is 0.0846. The SMILES string of the molecule is C=CC(=O)c1cn[nH]c1C(C)(C)C. The summed E-state index contributed by atoms with van der Waals surface area (Å²) < 4.78 is 0. The molecular formula is C10H14N2O. The first-order valence-electron chi connectivity index (χ1n) is 4.17. The number of rotatable bonds is 2. The summed E-state index contributed by atoms with van der Waals surface area (Å²) in [5, 5.41) is 6.71. The molecule has 0 fully saturated rings. The molecule has 0 bridgehead atoms. The fraction of sp³-hybridized carbons (Fsp3) is 0.400. The average Bonchev–Trinajstić information content (AvgIpc) is 2.49. The molecule has 70 valence electrons. The fourth-order valence-electron chi connectivity index (χ4n) is 1.15. The molecule has 0 aliphatic rings. The zero-order chi connectivity index (χ0) is 10.1. The Balaban J connectivity index is 3.17. The molecule has 13 heavy (non-hydrogen) atoms. The number of aromatic nitrogens is 2. The molecule has 0 atom stereocenters. The van der Waals surface area contributed by atoms with E-state index in [1.54, 1.807) is 6.20 Å². The molecule has 0 saturated heterocycles. The van der Waals surface area contributed by atoms with Crippen molar-refractivity contribution in [2.24, 2.45) is 0 Å². The van der Waals surface area contributed by atoms with Crippen molar-refractivity contribution in [3.63, 3.8) is 0 Å². The Bertz CT molecular complexity index is 331. The number of nitrogens with zero attached hydrogens (tertiary/aromatic N) is 1. The topological polar surface area (TPSA) is 45.8 Å². The van der Waals surface area contributed by atoms with Crippen molar-refractivity contribution in [3.8, 4) is 0 Å². The lowest BCUT2D eigenvalue weighted by atomic mass is 9.88. The lowest BCUT2D eigenvalue weighted by molar-refractivity contribution is 0.104. The maximum absolute atomic E-state index is 11.4. The summed E-state index contributed by atoms with van der Waals surface area (Å²) >= 11 is 0. The Morgan fingerprint density at radius 2 is 2.23 bits per heavy atom. The van der Waals surface area contributed by atoms with Gasteiger partial charge in [0.25, 0.3) is 0 Å². The smallest absolute Gasteiger partial charge is 0.188 e. The molecule has 3 nitrogen and oxygen atoms in total.